The van der Waals surface area contributed by atoms with Crippen LogP contribution in [0.5, 0.6) is 0 Å². The van der Waals surface area contributed by atoms with Crippen molar-refractivity contribution in [2.45, 2.75) is 51.4 Å². The molecule has 0 aromatic carbocycles. The van der Waals surface area contributed by atoms with Gasteiger partial charge in [-0.15, -0.1) is 0 Å². The number of halogens is 5. The lowest BCUT2D eigenvalue weighted by molar-refractivity contribution is -0.270. The second-order valence-electron chi connectivity index (χ2n) is 9.31. The summed E-state index contributed by atoms with van der Waals surface area (Å²) in [7, 11) is 0. The number of fused-ring (bicyclic) bond motifs is 5. The number of allylic oxidation sites excluding steroid dienone is 2. The van der Waals surface area contributed by atoms with E-state index >= 15 is 0 Å². The first-order valence-corrected chi connectivity index (χ1v) is 9.54. The van der Waals surface area contributed by atoms with Crippen molar-refractivity contribution in [3.63, 3.8) is 0 Å². The standard InChI is InChI=1S/C19H23F5N2O4/c1-17(2,3)13(25-16(30)18(20,21)19(22,23)24)14(27)26-7-10-8-4-5-9(6-8)11(10)12(26)15(28)29/h4-5,8-13H,6-7H2,1-3H3,(H,25,30)(H,28,29)/t8-,9+,10-,11+,12+,13-/m1/s1. The van der Waals surface area contributed by atoms with Crippen molar-refractivity contribution in [1.82, 2.24) is 10.2 Å². The molecule has 3 rings (SSSR count). The first-order chi connectivity index (χ1) is 13.6. The van der Waals surface area contributed by atoms with Gasteiger partial charge in [-0.2, -0.15) is 22.0 Å². The van der Waals surface area contributed by atoms with Crippen molar-refractivity contribution in [3.05, 3.63) is 12.2 Å². The van der Waals surface area contributed by atoms with E-state index in [-0.39, 0.29) is 30.2 Å². The molecule has 1 saturated carbocycles. The third-order valence-corrected chi connectivity index (χ3v) is 6.36. The summed E-state index contributed by atoms with van der Waals surface area (Å²) in [5, 5.41) is 11.3. The number of carbonyl (C=O) groups is 3. The van der Waals surface area contributed by atoms with Crippen LogP contribution in [-0.2, 0) is 14.4 Å². The Kier molecular flexibility index (Phi) is 5.18. The summed E-state index contributed by atoms with van der Waals surface area (Å²) in [4.78, 5) is 37.9. The number of alkyl halides is 5. The van der Waals surface area contributed by atoms with Crippen LogP contribution in [0.4, 0.5) is 22.0 Å². The maximum absolute atomic E-state index is 13.5. The molecule has 11 heteroatoms. The number of amides is 2. The first kappa shape index (κ1) is 22.5. The predicted molar refractivity (Wildman–Crippen MR) is 93.2 cm³/mol. The summed E-state index contributed by atoms with van der Waals surface area (Å²) in [6.45, 7) is 4.21. The van der Waals surface area contributed by atoms with Gasteiger partial charge >= 0.3 is 24.0 Å². The van der Waals surface area contributed by atoms with Crippen LogP contribution < -0.4 is 5.32 Å². The second-order valence-corrected chi connectivity index (χ2v) is 9.31. The number of hydrogen-bond donors (Lipinski definition) is 2. The monoisotopic (exact) mass is 438 g/mol. The lowest BCUT2D eigenvalue weighted by Crippen LogP contribution is -2.61. The van der Waals surface area contributed by atoms with Gasteiger partial charge in [0, 0.05) is 12.5 Å². The molecule has 1 saturated heterocycles. The lowest BCUT2D eigenvalue weighted by atomic mass is 9.82. The fourth-order valence-electron chi connectivity index (χ4n) is 4.93. The molecule has 168 valence electrons. The van der Waals surface area contributed by atoms with E-state index in [1.165, 1.54) is 26.1 Å². The average molecular weight is 438 g/mol. The second kappa shape index (κ2) is 6.91. The van der Waals surface area contributed by atoms with Gasteiger partial charge in [0.05, 0.1) is 0 Å². The average Bonchev–Trinajstić information content (AvgIpc) is 3.27. The van der Waals surface area contributed by atoms with Crippen molar-refractivity contribution in [1.29, 1.82) is 0 Å². The van der Waals surface area contributed by atoms with Crippen LogP contribution in [0.15, 0.2) is 12.2 Å². The van der Waals surface area contributed by atoms with Crippen molar-refractivity contribution in [2.75, 3.05) is 6.54 Å². The van der Waals surface area contributed by atoms with Crippen LogP contribution in [0, 0.1) is 29.1 Å². The summed E-state index contributed by atoms with van der Waals surface area (Å²) in [5.41, 5.74) is -1.24. The SMILES string of the molecule is CC(C)(C)[C@H](NC(=O)C(F)(F)C(F)(F)F)C(=O)N1C[C@H]2[C@@H]([C@H]1C(=O)O)[C@H]1C=C[C@@H]2C1. The number of rotatable bonds is 4. The summed E-state index contributed by atoms with van der Waals surface area (Å²) in [6.07, 6.45) is -1.48. The van der Waals surface area contributed by atoms with Crippen LogP contribution >= 0.6 is 0 Å². The topological polar surface area (TPSA) is 86.7 Å². The zero-order valence-electron chi connectivity index (χ0n) is 16.5. The van der Waals surface area contributed by atoms with Crippen LogP contribution in [-0.4, -0.2) is 58.5 Å². The number of aliphatic carboxylic acids is 1. The third kappa shape index (κ3) is 3.45. The molecule has 0 spiro atoms. The predicted octanol–water partition coefficient (Wildman–Crippen LogP) is 2.45. The molecular weight excluding hydrogens is 415 g/mol. The van der Waals surface area contributed by atoms with E-state index in [1.807, 2.05) is 12.2 Å². The molecule has 2 N–H and O–H groups in total. The zero-order valence-corrected chi connectivity index (χ0v) is 16.5. The molecule has 3 aliphatic rings. The molecule has 0 aromatic rings. The number of nitrogens with zero attached hydrogens (tertiary/aromatic N) is 1. The Hall–Kier alpha value is -2.20. The molecule has 0 unspecified atom stereocenters. The van der Waals surface area contributed by atoms with Gasteiger partial charge in [-0.05, 0) is 29.6 Å². The fraction of sp³-hybridized carbons (Fsp3) is 0.737. The minimum Gasteiger partial charge on any atom is -0.480 e. The Morgan fingerprint density at radius 1 is 1.07 bits per heavy atom. The van der Waals surface area contributed by atoms with Crippen LogP contribution in [0.25, 0.3) is 0 Å². The molecule has 1 heterocycles. The number of likely N-dealkylation sites (tertiary alicyclic amines) is 1. The Labute approximate surface area is 169 Å². The van der Waals surface area contributed by atoms with Gasteiger partial charge in [0.1, 0.15) is 12.1 Å². The van der Waals surface area contributed by atoms with Crippen molar-refractivity contribution in [3.8, 4) is 0 Å². The number of nitrogens with one attached hydrogen (secondary N) is 1. The Morgan fingerprint density at radius 3 is 2.13 bits per heavy atom. The molecule has 2 amide bonds. The normalized spacial score (nSPS) is 31.6. The third-order valence-electron chi connectivity index (χ3n) is 6.36. The van der Waals surface area contributed by atoms with E-state index < -0.39 is 47.4 Å². The summed E-state index contributed by atoms with van der Waals surface area (Å²) < 4.78 is 64.6. The molecule has 0 aromatic heterocycles. The minimum atomic E-state index is -6.12. The summed E-state index contributed by atoms with van der Waals surface area (Å²) in [6, 6.07) is -2.99. The smallest absolute Gasteiger partial charge is 0.463 e. The molecule has 2 bridgehead atoms. The summed E-state index contributed by atoms with van der Waals surface area (Å²) in [5.74, 6) is -11.0. The first-order valence-electron chi connectivity index (χ1n) is 9.54. The van der Waals surface area contributed by atoms with E-state index in [0.717, 1.165) is 11.3 Å². The largest absolute Gasteiger partial charge is 0.480 e. The van der Waals surface area contributed by atoms with Gasteiger partial charge in [0.2, 0.25) is 5.91 Å². The van der Waals surface area contributed by atoms with Gasteiger partial charge < -0.3 is 15.3 Å². The molecule has 30 heavy (non-hydrogen) atoms. The maximum Gasteiger partial charge on any atom is 0.463 e. The molecule has 6 atom stereocenters. The van der Waals surface area contributed by atoms with Crippen molar-refractivity contribution < 1.29 is 41.4 Å². The van der Waals surface area contributed by atoms with Crippen LogP contribution in [0.3, 0.4) is 0 Å². The van der Waals surface area contributed by atoms with Gasteiger partial charge in [0.25, 0.3) is 0 Å². The molecule has 1 aliphatic heterocycles. The molecular formula is C19H23F5N2O4. The van der Waals surface area contributed by atoms with Crippen LogP contribution in [0.1, 0.15) is 27.2 Å². The highest BCUT2D eigenvalue weighted by Gasteiger charge is 2.65. The highest BCUT2D eigenvalue weighted by Crippen LogP contribution is 2.54. The molecule has 2 fully saturated rings. The number of carboxylic acids is 1. The lowest BCUT2D eigenvalue weighted by Gasteiger charge is -2.36. The van der Waals surface area contributed by atoms with Crippen molar-refractivity contribution in [2.24, 2.45) is 29.1 Å². The molecule has 2 aliphatic carbocycles. The quantitative estimate of drug-likeness (QED) is 0.522. The highest BCUT2D eigenvalue weighted by molar-refractivity contribution is 5.93. The van der Waals surface area contributed by atoms with E-state index in [4.69, 9.17) is 0 Å². The highest BCUT2D eigenvalue weighted by atomic mass is 19.4. The maximum atomic E-state index is 13.5. The minimum absolute atomic E-state index is 0.0314. The Bertz CT molecular complexity index is 789. The Balaban J connectivity index is 1.88. The summed E-state index contributed by atoms with van der Waals surface area (Å²) >= 11 is 0. The number of hydrogen-bond acceptors (Lipinski definition) is 3. The molecule has 0 radical (unpaired) electrons. The van der Waals surface area contributed by atoms with E-state index in [1.54, 1.807) is 0 Å². The van der Waals surface area contributed by atoms with E-state index in [2.05, 4.69) is 0 Å². The van der Waals surface area contributed by atoms with Gasteiger partial charge in [-0.1, -0.05) is 32.9 Å². The van der Waals surface area contributed by atoms with Crippen LogP contribution in [0.2, 0.25) is 0 Å². The van der Waals surface area contributed by atoms with Gasteiger partial charge in [-0.25, -0.2) is 4.79 Å². The Morgan fingerprint density at radius 2 is 1.63 bits per heavy atom. The van der Waals surface area contributed by atoms with E-state index in [0.29, 0.717) is 0 Å². The van der Waals surface area contributed by atoms with Gasteiger partial charge in [-0.3, -0.25) is 9.59 Å². The fourth-order valence-corrected chi connectivity index (χ4v) is 4.93. The zero-order chi connectivity index (χ0) is 22.8. The van der Waals surface area contributed by atoms with Crippen molar-refractivity contribution >= 4 is 17.8 Å². The number of carboxylic acid groups (broad SMARTS) is 1. The van der Waals surface area contributed by atoms with E-state index in [9.17, 15) is 41.4 Å². The van der Waals surface area contributed by atoms with Gasteiger partial charge in [0.15, 0.2) is 0 Å². The molecule has 6 nitrogen and oxygen atoms in total. The number of carbonyl (C=O) groups excluding carboxylic acids is 2.